The highest BCUT2D eigenvalue weighted by Crippen LogP contribution is 2.14. The van der Waals surface area contributed by atoms with Crippen LogP contribution in [0.2, 0.25) is 0 Å². The molecule has 1 atom stereocenters. The molecule has 4 heteroatoms. The molecule has 0 fully saturated rings. The van der Waals surface area contributed by atoms with Crippen molar-refractivity contribution in [2.24, 2.45) is 0 Å². The van der Waals surface area contributed by atoms with Crippen LogP contribution in [0.15, 0.2) is 53.4 Å². The van der Waals surface area contributed by atoms with Crippen molar-refractivity contribution in [3.05, 3.63) is 59.7 Å². The van der Waals surface area contributed by atoms with Crippen molar-refractivity contribution in [2.45, 2.75) is 11.8 Å². The molecule has 19 heavy (non-hydrogen) atoms. The van der Waals surface area contributed by atoms with E-state index in [-0.39, 0.29) is 0 Å². The molecule has 2 aromatic carbocycles. The summed E-state index contributed by atoms with van der Waals surface area (Å²) >= 11 is 0. The molecule has 0 saturated heterocycles. The number of benzene rings is 2. The van der Waals surface area contributed by atoms with Gasteiger partial charge in [0, 0.05) is 22.0 Å². The van der Waals surface area contributed by atoms with Crippen LogP contribution in [-0.4, -0.2) is 16.4 Å². The normalized spacial score (nSPS) is 11.9. The zero-order valence-corrected chi connectivity index (χ0v) is 11.6. The highest BCUT2D eigenvalue weighted by molar-refractivity contribution is 7.84. The molecule has 0 aliphatic rings. The molecule has 0 amide bonds. The third-order valence-corrected chi connectivity index (χ3v) is 3.59. The highest BCUT2D eigenvalue weighted by atomic mass is 32.2. The van der Waals surface area contributed by atoms with Crippen LogP contribution in [0.5, 0.6) is 5.75 Å². The molecular weight excluding hydrogens is 260 g/mol. The van der Waals surface area contributed by atoms with Crippen LogP contribution in [0.3, 0.4) is 0 Å². The quantitative estimate of drug-likeness (QED) is 0.638. The van der Waals surface area contributed by atoms with E-state index in [1.165, 1.54) is 0 Å². The Morgan fingerprint density at radius 3 is 2.11 bits per heavy atom. The van der Waals surface area contributed by atoms with Crippen LogP contribution < -0.4 is 4.74 Å². The van der Waals surface area contributed by atoms with Gasteiger partial charge in [0.05, 0.1) is 5.56 Å². The minimum atomic E-state index is -1.04. The van der Waals surface area contributed by atoms with Crippen molar-refractivity contribution in [2.75, 3.05) is 6.26 Å². The average Bonchev–Trinajstić information content (AvgIpc) is 2.41. The first-order valence-electron chi connectivity index (χ1n) is 5.78. The molecular formula is C15H14O3S. The lowest BCUT2D eigenvalue weighted by molar-refractivity contribution is 0.0734. The summed E-state index contributed by atoms with van der Waals surface area (Å²) in [5.74, 6) is 0.0935. The molecule has 98 valence electrons. The van der Waals surface area contributed by atoms with E-state index in [9.17, 15) is 9.00 Å². The third kappa shape index (κ3) is 3.51. The van der Waals surface area contributed by atoms with Gasteiger partial charge in [0.1, 0.15) is 5.75 Å². The van der Waals surface area contributed by atoms with Gasteiger partial charge in [0.15, 0.2) is 0 Å². The van der Waals surface area contributed by atoms with E-state index >= 15 is 0 Å². The lowest BCUT2D eigenvalue weighted by atomic mass is 10.2. The van der Waals surface area contributed by atoms with Crippen molar-refractivity contribution in [3.8, 4) is 5.75 Å². The molecule has 0 saturated carbocycles. The number of hydrogen-bond acceptors (Lipinski definition) is 3. The molecule has 0 spiro atoms. The molecule has 2 aromatic rings. The largest absolute Gasteiger partial charge is 0.423 e. The number of esters is 1. The van der Waals surface area contributed by atoms with E-state index < -0.39 is 16.8 Å². The van der Waals surface area contributed by atoms with Gasteiger partial charge in [-0.25, -0.2) is 4.79 Å². The summed E-state index contributed by atoms with van der Waals surface area (Å²) in [5, 5.41) is 0. The monoisotopic (exact) mass is 274 g/mol. The van der Waals surface area contributed by atoms with E-state index in [1.54, 1.807) is 42.7 Å². The first kappa shape index (κ1) is 13.5. The summed E-state index contributed by atoms with van der Waals surface area (Å²) in [4.78, 5) is 12.6. The summed E-state index contributed by atoms with van der Waals surface area (Å²) in [6, 6.07) is 13.8. The number of carbonyl (C=O) groups is 1. The second kappa shape index (κ2) is 5.80. The lowest BCUT2D eigenvalue weighted by Gasteiger charge is -2.05. The molecule has 0 aromatic heterocycles. The minimum absolute atomic E-state index is 0.419. The summed E-state index contributed by atoms with van der Waals surface area (Å²) in [6.07, 6.45) is 1.60. The zero-order valence-electron chi connectivity index (χ0n) is 10.8. The standard InChI is InChI=1S/C15H14O3S/c1-11-3-7-13(8-4-11)18-15(16)12-5-9-14(10-6-12)19(2)17/h3-10H,1-2H3. The van der Waals surface area contributed by atoms with E-state index in [4.69, 9.17) is 4.74 Å². The van der Waals surface area contributed by atoms with E-state index in [0.29, 0.717) is 16.2 Å². The van der Waals surface area contributed by atoms with Gasteiger partial charge in [0.25, 0.3) is 0 Å². The Bertz CT molecular complexity index is 600. The van der Waals surface area contributed by atoms with Crippen molar-refractivity contribution < 1.29 is 13.7 Å². The highest BCUT2D eigenvalue weighted by Gasteiger charge is 2.08. The van der Waals surface area contributed by atoms with Crippen LogP contribution >= 0.6 is 0 Å². The fourth-order valence-corrected chi connectivity index (χ4v) is 2.07. The maximum atomic E-state index is 11.9. The number of hydrogen-bond donors (Lipinski definition) is 0. The van der Waals surface area contributed by atoms with Gasteiger partial charge in [0.2, 0.25) is 0 Å². The topological polar surface area (TPSA) is 43.4 Å². The van der Waals surface area contributed by atoms with Crippen molar-refractivity contribution in [1.82, 2.24) is 0 Å². The molecule has 3 nitrogen and oxygen atoms in total. The summed E-state index contributed by atoms with van der Waals surface area (Å²) < 4.78 is 16.5. The predicted molar refractivity (Wildman–Crippen MR) is 74.9 cm³/mol. The summed E-state index contributed by atoms with van der Waals surface area (Å²) in [6.45, 7) is 1.97. The van der Waals surface area contributed by atoms with Crippen LogP contribution in [0.25, 0.3) is 0 Å². The Balaban J connectivity index is 2.11. The van der Waals surface area contributed by atoms with Gasteiger partial charge in [-0.15, -0.1) is 0 Å². The van der Waals surface area contributed by atoms with Crippen LogP contribution in [-0.2, 0) is 10.8 Å². The summed E-state index contributed by atoms with van der Waals surface area (Å²) in [5.41, 5.74) is 1.55. The third-order valence-electron chi connectivity index (χ3n) is 2.65. The average molecular weight is 274 g/mol. The van der Waals surface area contributed by atoms with Gasteiger partial charge in [-0.3, -0.25) is 4.21 Å². The van der Waals surface area contributed by atoms with E-state index in [1.807, 2.05) is 19.1 Å². The van der Waals surface area contributed by atoms with Crippen molar-refractivity contribution in [1.29, 1.82) is 0 Å². The van der Waals surface area contributed by atoms with E-state index in [2.05, 4.69) is 0 Å². The smallest absolute Gasteiger partial charge is 0.343 e. The lowest BCUT2D eigenvalue weighted by Crippen LogP contribution is -2.08. The molecule has 0 radical (unpaired) electrons. The predicted octanol–water partition coefficient (Wildman–Crippen LogP) is 2.95. The van der Waals surface area contributed by atoms with Crippen LogP contribution in [0.4, 0.5) is 0 Å². The Kier molecular flexibility index (Phi) is 4.12. The van der Waals surface area contributed by atoms with E-state index in [0.717, 1.165) is 5.56 Å². The fourth-order valence-electron chi connectivity index (χ4n) is 1.55. The molecule has 0 aliphatic heterocycles. The molecule has 2 rings (SSSR count). The van der Waals surface area contributed by atoms with Gasteiger partial charge in [-0.2, -0.15) is 0 Å². The number of aryl methyl sites for hydroxylation is 1. The van der Waals surface area contributed by atoms with Crippen LogP contribution in [0, 0.1) is 6.92 Å². The molecule has 0 heterocycles. The van der Waals surface area contributed by atoms with Crippen molar-refractivity contribution >= 4 is 16.8 Å². The first-order valence-corrected chi connectivity index (χ1v) is 7.34. The zero-order chi connectivity index (χ0) is 13.8. The first-order chi connectivity index (χ1) is 9.06. The Hall–Kier alpha value is -1.94. The second-order valence-corrected chi connectivity index (χ2v) is 5.56. The number of rotatable bonds is 3. The van der Waals surface area contributed by atoms with Gasteiger partial charge < -0.3 is 4.74 Å². The number of carbonyl (C=O) groups excluding carboxylic acids is 1. The second-order valence-electron chi connectivity index (χ2n) is 4.18. The SMILES string of the molecule is Cc1ccc(OC(=O)c2ccc(S(C)=O)cc2)cc1. The fraction of sp³-hybridized carbons (Fsp3) is 0.133. The maximum Gasteiger partial charge on any atom is 0.343 e. The molecule has 0 bridgehead atoms. The minimum Gasteiger partial charge on any atom is -0.423 e. The van der Waals surface area contributed by atoms with Crippen molar-refractivity contribution in [3.63, 3.8) is 0 Å². The summed E-state index contributed by atoms with van der Waals surface area (Å²) in [7, 11) is -1.04. The van der Waals surface area contributed by atoms with Gasteiger partial charge in [-0.05, 0) is 43.3 Å². The van der Waals surface area contributed by atoms with Crippen LogP contribution in [0.1, 0.15) is 15.9 Å². The Labute approximate surface area is 114 Å². The maximum absolute atomic E-state index is 11.9. The number of ether oxygens (including phenoxy) is 1. The van der Waals surface area contributed by atoms with Gasteiger partial charge in [-0.1, -0.05) is 17.7 Å². The molecule has 0 N–H and O–H groups in total. The molecule has 0 aliphatic carbocycles. The Morgan fingerprint density at radius 2 is 1.58 bits per heavy atom. The van der Waals surface area contributed by atoms with Gasteiger partial charge >= 0.3 is 5.97 Å². The Morgan fingerprint density at radius 1 is 1.00 bits per heavy atom. The molecule has 1 unspecified atom stereocenters.